The first-order chi connectivity index (χ1) is 11.6. The van der Waals surface area contributed by atoms with Gasteiger partial charge in [-0.1, -0.05) is 29.8 Å². The first kappa shape index (κ1) is 16.4. The fourth-order valence-corrected chi connectivity index (χ4v) is 3.14. The van der Waals surface area contributed by atoms with Crippen LogP contribution in [0.25, 0.3) is 0 Å². The molecule has 2 aromatic carbocycles. The van der Waals surface area contributed by atoms with Crippen molar-refractivity contribution >= 4 is 46.4 Å². The number of carbonyl (C=O) groups excluding carboxylic acids is 1. The van der Waals surface area contributed by atoms with E-state index in [4.69, 9.17) is 11.6 Å². The minimum atomic E-state index is -0.215. The summed E-state index contributed by atoms with van der Waals surface area (Å²) in [5, 5.41) is 3.42. The number of aliphatic imine (C=N–C) groups is 1. The van der Waals surface area contributed by atoms with E-state index in [2.05, 4.69) is 10.3 Å². The molecule has 0 aliphatic carbocycles. The van der Waals surface area contributed by atoms with E-state index in [1.165, 1.54) is 4.88 Å². The molecule has 3 rings (SSSR count). The van der Waals surface area contributed by atoms with E-state index in [9.17, 15) is 4.79 Å². The van der Waals surface area contributed by atoms with Gasteiger partial charge in [-0.25, -0.2) is 0 Å². The average Bonchev–Trinajstić information content (AvgIpc) is 2.99. The second kappa shape index (κ2) is 7.43. The molecule has 0 aliphatic heterocycles. The van der Waals surface area contributed by atoms with Crippen molar-refractivity contribution in [2.45, 2.75) is 6.92 Å². The molecule has 1 aromatic heterocycles. The Hall–Kier alpha value is -2.43. The first-order valence-electron chi connectivity index (χ1n) is 7.38. The number of rotatable bonds is 4. The quantitative estimate of drug-likeness (QED) is 0.599. The Morgan fingerprint density at radius 1 is 1.12 bits per heavy atom. The highest BCUT2D eigenvalue weighted by atomic mass is 35.5. The maximum Gasteiger partial charge on any atom is 0.257 e. The SMILES string of the molecule is Cc1ccc(C=Nc2ccccc2C(=O)Nc2cccc(Cl)c2)s1. The van der Waals surface area contributed by atoms with Gasteiger partial charge in [0.1, 0.15) is 0 Å². The van der Waals surface area contributed by atoms with E-state index < -0.39 is 0 Å². The molecule has 24 heavy (non-hydrogen) atoms. The Kier molecular flexibility index (Phi) is 5.08. The molecule has 120 valence electrons. The zero-order valence-electron chi connectivity index (χ0n) is 13.0. The fraction of sp³-hybridized carbons (Fsp3) is 0.0526. The number of nitrogens with zero attached hydrogens (tertiary/aromatic N) is 1. The van der Waals surface area contributed by atoms with E-state index in [1.54, 1.807) is 47.9 Å². The zero-order chi connectivity index (χ0) is 16.9. The second-order valence-electron chi connectivity index (χ2n) is 5.19. The summed E-state index contributed by atoms with van der Waals surface area (Å²) in [6.45, 7) is 2.05. The van der Waals surface area contributed by atoms with Crippen LogP contribution in [0.15, 0.2) is 65.7 Å². The number of para-hydroxylation sites is 1. The van der Waals surface area contributed by atoms with Gasteiger partial charge in [-0.15, -0.1) is 11.3 Å². The molecule has 0 fully saturated rings. The molecule has 5 heteroatoms. The van der Waals surface area contributed by atoms with E-state index in [0.29, 0.717) is 22.0 Å². The molecule has 0 saturated carbocycles. The van der Waals surface area contributed by atoms with Crippen LogP contribution in [0.3, 0.4) is 0 Å². The van der Waals surface area contributed by atoms with Crippen molar-refractivity contribution in [1.82, 2.24) is 0 Å². The number of hydrogen-bond donors (Lipinski definition) is 1. The van der Waals surface area contributed by atoms with Crippen molar-refractivity contribution in [3.8, 4) is 0 Å². The predicted molar refractivity (Wildman–Crippen MR) is 102 cm³/mol. The highest BCUT2D eigenvalue weighted by molar-refractivity contribution is 7.13. The molecule has 3 aromatic rings. The standard InChI is InChI=1S/C19H15ClN2OS/c1-13-9-10-16(24-13)12-21-18-8-3-2-7-17(18)19(23)22-15-6-4-5-14(20)11-15/h2-12H,1H3,(H,22,23). The summed E-state index contributed by atoms with van der Waals surface area (Å²) in [5.74, 6) is -0.215. The number of amides is 1. The van der Waals surface area contributed by atoms with Crippen LogP contribution in [0.1, 0.15) is 20.1 Å². The Labute approximate surface area is 149 Å². The lowest BCUT2D eigenvalue weighted by atomic mass is 10.1. The molecule has 0 saturated heterocycles. The third kappa shape index (κ3) is 4.10. The van der Waals surface area contributed by atoms with Gasteiger partial charge in [0.05, 0.1) is 11.3 Å². The van der Waals surface area contributed by atoms with Crippen molar-refractivity contribution in [1.29, 1.82) is 0 Å². The lowest BCUT2D eigenvalue weighted by molar-refractivity contribution is 0.102. The van der Waals surface area contributed by atoms with Crippen LogP contribution < -0.4 is 5.32 Å². The van der Waals surface area contributed by atoms with Crippen molar-refractivity contribution in [2.75, 3.05) is 5.32 Å². The summed E-state index contributed by atoms with van der Waals surface area (Å²) in [4.78, 5) is 19.3. The summed E-state index contributed by atoms with van der Waals surface area (Å²) in [6.07, 6.45) is 1.78. The largest absolute Gasteiger partial charge is 0.322 e. The Bertz CT molecular complexity index is 902. The molecule has 0 bridgehead atoms. The van der Waals surface area contributed by atoms with Crippen LogP contribution in [0.5, 0.6) is 0 Å². The van der Waals surface area contributed by atoms with Gasteiger partial charge < -0.3 is 5.32 Å². The normalized spacial score (nSPS) is 10.9. The molecule has 1 amide bonds. The van der Waals surface area contributed by atoms with Crippen LogP contribution >= 0.6 is 22.9 Å². The number of aryl methyl sites for hydroxylation is 1. The second-order valence-corrected chi connectivity index (χ2v) is 6.94. The van der Waals surface area contributed by atoms with Gasteiger partial charge in [0.2, 0.25) is 0 Å². The number of carbonyl (C=O) groups is 1. The van der Waals surface area contributed by atoms with Gasteiger partial charge in [-0.3, -0.25) is 9.79 Å². The number of hydrogen-bond acceptors (Lipinski definition) is 3. The molecular formula is C19H15ClN2OS. The zero-order valence-corrected chi connectivity index (χ0v) is 14.6. The Balaban J connectivity index is 1.83. The van der Waals surface area contributed by atoms with E-state index in [1.807, 2.05) is 37.3 Å². The third-order valence-electron chi connectivity index (χ3n) is 3.32. The van der Waals surface area contributed by atoms with Gasteiger partial charge in [0.15, 0.2) is 0 Å². The summed E-state index contributed by atoms with van der Waals surface area (Å²) in [5.41, 5.74) is 1.80. The summed E-state index contributed by atoms with van der Waals surface area (Å²) >= 11 is 7.61. The molecular weight excluding hydrogens is 340 g/mol. The number of thiophene rings is 1. The Morgan fingerprint density at radius 3 is 2.71 bits per heavy atom. The van der Waals surface area contributed by atoms with E-state index in [0.717, 1.165) is 4.88 Å². The van der Waals surface area contributed by atoms with Gasteiger partial charge in [-0.2, -0.15) is 0 Å². The van der Waals surface area contributed by atoms with Crippen LogP contribution in [0.4, 0.5) is 11.4 Å². The van der Waals surface area contributed by atoms with Crippen LogP contribution in [-0.2, 0) is 0 Å². The lowest BCUT2D eigenvalue weighted by Gasteiger charge is -2.07. The molecule has 0 atom stereocenters. The molecule has 0 spiro atoms. The van der Waals surface area contributed by atoms with Crippen molar-refractivity contribution < 1.29 is 4.79 Å². The topological polar surface area (TPSA) is 41.5 Å². The number of benzene rings is 2. The van der Waals surface area contributed by atoms with Crippen LogP contribution in [0.2, 0.25) is 5.02 Å². The van der Waals surface area contributed by atoms with Gasteiger partial charge in [0, 0.05) is 26.7 Å². The van der Waals surface area contributed by atoms with Crippen LogP contribution in [0, 0.1) is 6.92 Å². The average molecular weight is 355 g/mol. The Morgan fingerprint density at radius 2 is 1.96 bits per heavy atom. The van der Waals surface area contributed by atoms with Crippen LogP contribution in [-0.4, -0.2) is 12.1 Å². The molecule has 3 nitrogen and oxygen atoms in total. The minimum absolute atomic E-state index is 0.215. The molecule has 1 N–H and O–H groups in total. The van der Waals surface area contributed by atoms with Gasteiger partial charge in [-0.05, 0) is 49.4 Å². The minimum Gasteiger partial charge on any atom is -0.322 e. The highest BCUT2D eigenvalue weighted by Crippen LogP contribution is 2.22. The van der Waals surface area contributed by atoms with E-state index in [-0.39, 0.29) is 5.91 Å². The number of nitrogens with one attached hydrogen (secondary N) is 1. The monoisotopic (exact) mass is 354 g/mol. The maximum absolute atomic E-state index is 12.5. The maximum atomic E-state index is 12.5. The lowest BCUT2D eigenvalue weighted by Crippen LogP contribution is -2.12. The van der Waals surface area contributed by atoms with Gasteiger partial charge in [0.25, 0.3) is 5.91 Å². The van der Waals surface area contributed by atoms with Gasteiger partial charge >= 0.3 is 0 Å². The molecule has 0 radical (unpaired) electrons. The fourth-order valence-electron chi connectivity index (χ4n) is 2.20. The molecule has 1 heterocycles. The van der Waals surface area contributed by atoms with E-state index >= 15 is 0 Å². The summed E-state index contributed by atoms with van der Waals surface area (Å²) in [6, 6.07) is 18.4. The van der Waals surface area contributed by atoms with Crippen molar-refractivity contribution in [3.05, 3.63) is 81.0 Å². The van der Waals surface area contributed by atoms with Crippen molar-refractivity contribution in [2.24, 2.45) is 4.99 Å². The smallest absolute Gasteiger partial charge is 0.257 e. The third-order valence-corrected chi connectivity index (χ3v) is 4.49. The number of halogens is 1. The molecule has 0 aliphatic rings. The summed E-state index contributed by atoms with van der Waals surface area (Å²) in [7, 11) is 0. The first-order valence-corrected chi connectivity index (χ1v) is 8.58. The predicted octanol–water partition coefficient (Wildman–Crippen LogP) is 5.71. The summed E-state index contributed by atoms with van der Waals surface area (Å²) < 4.78 is 0. The van der Waals surface area contributed by atoms with Crippen molar-refractivity contribution in [3.63, 3.8) is 0 Å². The highest BCUT2D eigenvalue weighted by Gasteiger charge is 2.10. The number of anilines is 1. The molecule has 0 unspecified atom stereocenters.